The van der Waals surface area contributed by atoms with Crippen molar-refractivity contribution in [3.05, 3.63) is 65.7 Å². The smallest absolute Gasteiger partial charge is 0.271 e. The third kappa shape index (κ3) is 3.42. The number of anilines is 1. The summed E-state index contributed by atoms with van der Waals surface area (Å²) in [5.74, 6) is -0.226. The molecular weight excluding hydrogens is 238 g/mol. The van der Waals surface area contributed by atoms with E-state index in [1.807, 2.05) is 37.3 Å². The van der Waals surface area contributed by atoms with E-state index >= 15 is 0 Å². The van der Waals surface area contributed by atoms with Crippen LogP contribution in [0.1, 0.15) is 22.8 Å². The molecule has 2 rings (SSSR count). The first kappa shape index (κ1) is 12.8. The molecule has 2 aromatic carbocycles. The van der Waals surface area contributed by atoms with Crippen LogP contribution in [0.4, 0.5) is 5.69 Å². The predicted molar refractivity (Wildman–Crippen MR) is 77.0 cm³/mol. The summed E-state index contributed by atoms with van der Waals surface area (Å²) in [7, 11) is 0. The Morgan fingerprint density at radius 3 is 2.26 bits per heavy atom. The van der Waals surface area contributed by atoms with E-state index in [0.29, 0.717) is 11.3 Å². The largest absolute Gasteiger partial charge is 0.399 e. The quantitative estimate of drug-likeness (QED) is 0.501. The molecular formula is C15H15N3O. The Morgan fingerprint density at radius 1 is 1.00 bits per heavy atom. The van der Waals surface area contributed by atoms with Crippen LogP contribution in [0.2, 0.25) is 0 Å². The standard InChI is InChI=1S/C15H15N3O/c1-11(12-7-9-14(16)10-8-12)17-18-15(19)13-5-3-2-4-6-13/h2-10H,16H2,1H3,(H,18,19)/b17-11+. The summed E-state index contributed by atoms with van der Waals surface area (Å²) in [6, 6.07) is 16.3. The van der Waals surface area contributed by atoms with Crippen molar-refractivity contribution >= 4 is 17.3 Å². The van der Waals surface area contributed by atoms with Gasteiger partial charge in [-0.3, -0.25) is 4.79 Å². The Bertz CT molecular complexity index is 589. The van der Waals surface area contributed by atoms with Crippen LogP contribution in [0.3, 0.4) is 0 Å². The van der Waals surface area contributed by atoms with Crippen molar-refractivity contribution in [3.63, 3.8) is 0 Å². The number of hydrazone groups is 1. The first-order valence-corrected chi connectivity index (χ1v) is 5.92. The molecule has 2 aromatic rings. The molecule has 4 nitrogen and oxygen atoms in total. The number of nitrogens with two attached hydrogens (primary N) is 1. The van der Waals surface area contributed by atoms with Crippen molar-refractivity contribution in [1.82, 2.24) is 5.43 Å². The number of hydrogen-bond acceptors (Lipinski definition) is 3. The van der Waals surface area contributed by atoms with Crippen LogP contribution >= 0.6 is 0 Å². The lowest BCUT2D eigenvalue weighted by Gasteiger charge is -2.03. The molecule has 19 heavy (non-hydrogen) atoms. The molecule has 0 aromatic heterocycles. The normalized spacial score (nSPS) is 11.1. The molecule has 0 aliphatic rings. The number of nitrogen functional groups attached to an aromatic ring is 1. The summed E-state index contributed by atoms with van der Waals surface area (Å²) in [5.41, 5.74) is 11.1. The molecule has 0 spiro atoms. The second-order valence-electron chi connectivity index (χ2n) is 4.13. The van der Waals surface area contributed by atoms with Gasteiger partial charge < -0.3 is 5.73 Å². The maximum atomic E-state index is 11.8. The Labute approximate surface area is 112 Å². The lowest BCUT2D eigenvalue weighted by Crippen LogP contribution is -2.19. The fourth-order valence-corrected chi connectivity index (χ4v) is 1.58. The average Bonchev–Trinajstić information content (AvgIpc) is 2.46. The molecule has 0 bridgehead atoms. The fraction of sp³-hybridized carbons (Fsp3) is 0.0667. The minimum absolute atomic E-state index is 0.226. The van der Waals surface area contributed by atoms with Gasteiger partial charge in [0.25, 0.3) is 5.91 Å². The van der Waals surface area contributed by atoms with Crippen molar-refractivity contribution in [3.8, 4) is 0 Å². The van der Waals surface area contributed by atoms with Crippen LogP contribution in [0, 0.1) is 0 Å². The monoisotopic (exact) mass is 253 g/mol. The second kappa shape index (κ2) is 5.82. The Kier molecular flexibility index (Phi) is 3.93. The summed E-state index contributed by atoms with van der Waals surface area (Å²) in [5, 5.41) is 4.08. The number of carbonyl (C=O) groups excluding carboxylic acids is 1. The number of carbonyl (C=O) groups is 1. The van der Waals surface area contributed by atoms with E-state index in [9.17, 15) is 4.79 Å². The van der Waals surface area contributed by atoms with E-state index in [4.69, 9.17) is 5.73 Å². The highest BCUT2D eigenvalue weighted by atomic mass is 16.2. The van der Waals surface area contributed by atoms with Gasteiger partial charge in [-0.25, -0.2) is 5.43 Å². The Morgan fingerprint density at radius 2 is 1.63 bits per heavy atom. The number of nitrogens with zero attached hydrogens (tertiary/aromatic N) is 1. The number of nitrogens with one attached hydrogen (secondary N) is 1. The summed E-state index contributed by atoms with van der Waals surface area (Å²) < 4.78 is 0. The molecule has 0 fully saturated rings. The zero-order chi connectivity index (χ0) is 13.7. The Hall–Kier alpha value is -2.62. The molecule has 0 aliphatic heterocycles. The molecule has 1 amide bonds. The molecule has 96 valence electrons. The molecule has 3 N–H and O–H groups in total. The van der Waals surface area contributed by atoms with Crippen LogP contribution < -0.4 is 11.2 Å². The first-order chi connectivity index (χ1) is 9.16. The van der Waals surface area contributed by atoms with E-state index in [-0.39, 0.29) is 5.91 Å². The van der Waals surface area contributed by atoms with Gasteiger partial charge in [0, 0.05) is 11.3 Å². The average molecular weight is 253 g/mol. The van der Waals surface area contributed by atoms with Crippen molar-refractivity contribution in [2.24, 2.45) is 5.10 Å². The number of rotatable bonds is 3. The minimum Gasteiger partial charge on any atom is -0.399 e. The third-order valence-electron chi connectivity index (χ3n) is 2.69. The molecule has 0 aliphatic carbocycles. The van der Waals surface area contributed by atoms with Crippen LogP contribution in [0.15, 0.2) is 59.7 Å². The van der Waals surface area contributed by atoms with Gasteiger partial charge in [-0.15, -0.1) is 0 Å². The molecule has 0 radical (unpaired) electrons. The summed E-state index contributed by atoms with van der Waals surface area (Å²) in [4.78, 5) is 11.8. The minimum atomic E-state index is -0.226. The van der Waals surface area contributed by atoms with Crippen LogP contribution in [0.5, 0.6) is 0 Å². The van der Waals surface area contributed by atoms with E-state index in [1.54, 1.807) is 24.3 Å². The highest BCUT2D eigenvalue weighted by Gasteiger charge is 2.03. The van der Waals surface area contributed by atoms with Gasteiger partial charge in [0.2, 0.25) is 0 Å². The van der Waals surface area contributed by atoms with Gasteiger partial charge in [0.15, 0.2) is 0 Å². The highest BCUT2D eigenvalue weighted by molar-refractivity contribution is 6.01. The maximum Gasteiger partial charge on any atom is 0.271 e. The lowest BCUT2D eigenvalue weighted by molar-refractivity contribution is 0.0955. The SMILES string of the molecule is C/C(=N\NC(=O)c1ccccc1)c1ccc(N)cc1. The summed E-state index contributed by atoms with van der Waals surface area (Å²) in [6.45, 7) is 1.83. The molecule has 4 heteroatoms. The zero-order valence-corrected chi connectivity index (χ0v) is 10.6. The van der Waals surface area contributed by atoms with Crippen LogP contribution in [-0.2, 0) is 0 Å². The van der Waals surface area contributed by atoms with Gasteiger partial charge in [0.1, 0.15) is 0 Å². The van der Waals surface area contributed by atoms with Crippen molar-refractivity contribution in [1.29, 1.82) is 0 Å². The molecule has 0 saturated heterocycles. The lowest BCUT2D eigenvalue weighted by atomic mass is 10.1. The fourth-order valence-electron chi connectivity index (χ4n) is 1.58. The number of benzene rings is 2. The molecule has 0 atom stereocenters. The second-order valence-corrected chi connectivity index (χ2v) is 4.13. The van der Waals surface area contributed by atoms with Gasteiger partial charge in [-0.1, -0.05) is 30.3 Å². The van der Waals surface area contributed by atoms with Crippen molar-refractivity contribution < 1.29 is 4.79 Å². The van der Waals surface area contributed by atoms with Crippen molar-refractivity contribution in [2.75, 3.05) is 5.73 Å². The molecule has 0 heterocycles. The summed E-state index contributed by atoms with van der Waals surface area (Å²) in [6.07, 6.45) is 0. The number of hydrogen-bond donors (Lipinski definition) is 2. The summed E-state index contributed by atoms with van der Waals surface area (Å²) >= 11 is 0. The van der Waals surface area contributed by atoms with Gasteiger partial charge in [-0.05, 0) is 36.8 Å². The van der Waals surface area contributed by atoms with Crippen LogP contribution in [-0.4, -0.2) is 11.6 Å². The van der Waals surface area contributed by atoms with Crippen LogP contribution in [0.25, 0.3) is 0 Å². The molecule has 0 unspecified atom stereocenters. The van der Waals surface area contributed by atoms with Gasteiger partial charge in [-0.2, -0.15) is 5.10 Å². The topological polar surface area (TPSA) is 67.5 Å². The highest BCUT2D eigenvalue weighted by Crippen LogP contribution is 2.06. The maximum absolute atomic E-state index is 11.8. The first-order valence-electron chi connectivity index (χ1n) is 5.92. The van der Waals surface area contributed by atoms with E-state index in [2.05, 4.69) is 10.5 Å². The molecule has 0 saturated carbocycles. The predicted octanol–water partition coefficient (Wildman–Crippen LogP) is 2.42. The van der Waals surface area contributed by atoms with E-state index in [0.717, 1.165) is 11.3 Å². The van der Waals surface area contributed by atoms with Gasteiger partial charge >= 0.3 is 0 Å². The van der Waals surface area contributed by atoms with Gasteiger partial charge in [0.05, 0.1) is 5.71 Å². The van der Waals surface area contributed by atoms with E-state index < -0.39 is 0 Å². The van der Waals surface area contributed by atoms with Crippen molar-refractivity contribution in [2.45, 2.75) is 6.92 Å². The number of amides is 1. The van der Waals surface area contributed by atoms with E-state index in [1.165, 1.54) is 0 Å². The Balaban J connectivity index is 2.06. The zero-order valence-electron chi connectivity index (χ0n) is 10.6. The third-order valence-corrected chi connectivity index (χ3v) is 2.69.